The van der Waals surface area contributed by atoms with Crippen LogP contribution in [0.5, 0.6) is 5.88 Å². The van der Waals surface area contributed by atoms with Crippen molar-refractivity contribution in [3.8, 4) is 5.88 Å². The van der Waals surface area contributed by atoms with Crippen molar-refractivity contribution in [2.75, 3.05) is 24.5 Å². The Bertz CT molecular complexity index is 1180. The summed E-state index contributed by atoms with van der Waals surface area (Å²) in [4.78, 5) is 25.9. The Morgan fingerprint density at radius 3 is 2.88 bits per heavy atom. The molecule has 0 aromatic carbocycles. The number of fused-ring (bicyclic) bond motifs is 1. The molecule has 2 aliphatic rings. The zero-order chi connectivity index (χ0) is 22.4. The van der Waals surface area contributed by atoms with Crippen molar-refractivity contribution in [2.24, 2.45) is 5.73 Å². The topological polar surface area (TPSA) is 113 Å². The number of aryl methyl sites for hydroxylation is 1. The molecule has 2 aliphatic heterocycles. The van der Waals surface area contributed by atoms with Crippen LogP contribution in [0.4, 0.5) is 5.82 Å². The first-order chi connectivity index (χ1) is 15.4. The highest BCUT2D eigenvalue weighted by Crippen LogP contribution is 2.34. The van der Waals surface area contributed by atoms with Gasteiger partial charge in [-0.2, -0.15) is 5.10 Å². The fourth-order valence-electron chi connectivity index (χ4n) is 4.71. The molecule has 3 N–H and O–H groups in total. The molecule has 2 saturated heterocycles. The minimum absolute atomic E-state index is 0.106. The second-order valence-corrected chi connectivity index (χ2v) is 9.09. The van der Waals surface area contributed by atoms with Gasteiger partial charge in [-0.15, -0.1) is 0 Å². The van der Waals surface area contributed by atoms with Crippen LogP contribution in [0.3, 0.4) is 0 Å². The van der Waals surface area contributed by atoms with Gasteiger partial charge in [-0.25, -0.2) is 14.5 Å². The molecule has 0 bridgehead atoms. The molecule has 5 heterocycles. The third-order valence-electron chi connectivity index (χ3n) is 6.32. The molecule has 2 atom stereocenters. The van der Waals surface area contributed by atoms with E-state index < -0.39 is 0 Å². The second-order valence-electron chi connectivity index (χ2n) is 8.65. The van der Waals surface area contributed by atoms with Gasteiger partial charge in [0.05, 0.1) is 16.8 Å². The summed E-state index contributed by atoms with van der Waals surface area (Å²) in [6.45, 7) is 4.30. The number of hydrogen-bond donors (Lipinski definition) is 2. The number of aromatic nitrogens is 4. The molecule has 32 heavy (non-hydrogen) atoms. The lowest BCUT2D eigenvalue weighted by Gasteiger charge is -2.34. The van der Waals surface area contributed by atoms with Crippen molar-refractivity contribution in [1.82, 2.24) is 24.5 Å². The standard InChI is InChI=1S/C22H26ClN7O2/c1-13-11-30-19(26-20(13)28-7-5-15(24)12-28)9-17(27-30)18-4-2-3-6-29(18)22(32)16-8-14(23)10-25-21(16)31/h8-11,15,18H,2-7,12,24H2,1H3,(H,25,31)/t15-,18-/m0/s1. The van der Waals surface area contributed by atoms with E-state index in [9.17, 15) is 9.90 Å². The summed E-state index contributed by atoms with van der Waals surface area (Å²) in [7, 11) is 0. The zero-order valence-electron chi connectivity index (χ0n) is 17.9. The highest BCUT2D eigenvalue weighted by Gasteiger charge is 2.32. The third kappa shape index (κ3) is 3.75. The van der Waals surface area contributed by atoms with Gasteiger partial charge in [0, 0.05) is 49.7 Å². The molecule has 2 fully saturated rings. The Morgan fingerprint density at radius 2 is 2.09 bits per heavy atom. The summed E-state index contributed by atoms with van der Waals surface area (Å²) in [5.74, 6) is 0.322. The van der Waals surface area contributed by atoms with Gasteiger partial charge in [-0.05, 0) is 38.7 Å². The maximum absolute atomic E-state index is 13.3. The second kappa shape index (κ2) is 8.22. The van der Waals surface area contributed by atoms with Crippen molar-refractivity contribution in [3.05, 3.63) is 46.4 Å². The molecule has 1 amide bonds. The number of nitrogens with zero attached hydrogens (tertiary/aromatic N) is 6. The molecule has 3 aromatic rings. The lowest BCUT2D eigenvalue weighted by Crippen LogP contribution is -2.38. The van der Waals surface area contributed by atoms with Crippen LogP contribution in [0.1, 0.15) is 53.3 Å². The fraction of sp³-hybridized carbons (Fsp3) is 0.455. The number of pyridine rings is 1. The molecule has 3 aromatic heterocycles. The molecule has 0 aliphatic carbocycles. The van der Waals surface area contributed by atoms with Crippen LogP contribution in [0.15, 0.2) is 24.5 Å². The predicted molar refractivity (Wildman–Crippen MR) is 121 cm³/mol. The number of nitrogens with two attached hydrogens (primary N) is 1. The number of likely N-dealkylation sites (tertiary alicyclic amines) is 1. The van der Waals surface area contributed by atoms with E-state index in [2.05, 4.69) is 9.88 Å². The summed E-state index contributed by atoms with van der Waals surface area (Å²) in [5, 5.41) is 15.2. The van der Waals surface area contributed by atoms with E-state index in [0.29, 0.717) is 11.6 Å². The highest BCUT2D eigenvalue weighted by molar-refractivity contribution is 6.30. The van der Waals surface area contributed by atoms with E-state index in [1.165, 1.54) is 12.3 Å². The number of amides is 1. The van der Waals surface area contributed by atoms with Gasteiger partial charge < -0.3 is 20.6 Å². The van der Waals surface area contributed by atoms with Crippen LogP contribution < -0.4 is 10.6 Å². The Labute approximate surface area is 190 Å². The normalized spacial score (nSPS) is 21.5. The first kappa shape index (κ1) is 21.0. The Morgan fingerprint density at radius 1 is 1.25 bits per heavy atom. The first-order valence-electron chi connectivity index (χ1n) is 10.9. The van der Waals surface area contributed by atoms with Crippen LogP contribution in [0.25, 0.3) is 5.65 Å². The largest absolute Gasteiger partial charge is 0.493 e. The fourth-order valence-corrected chi connectivity index (χ4v) is 4.87. The van der Waals surface area contributed by atoms with E-state index in [-0.39, 0.29) is 29.4 Å². The Kier molecular flexibility index (Phi) is 5.38. The summed E-state index contributed by atoms with van der Waals surface area (Å²) < 4.78 is 1.78. The van der Waals surface area contributed by atoms with Gasteiger partial charge in [0.25, 0.3) is 5.91 Å². The number of halogens is 1. The maximum Gasteiger partial charge on any atom is 0.259 e. The first-order valence-corrected chi connectivity index (χ1v) is 11.3. The van der Waals surface area contributed by atoms with Crippen LogP contribution in [0, 0.1) is 6.92 Å². The van der Waals surface area contributed by atoms with Crippen molar-refractivity contribution in [3.63, 3.8) is 0 Å². The monoisotopic (exact) mass is 455 g/mol. The molecule has 0 radical (unpaired) electrons. The van der Waals surface area contributed by atoms with Crippen molar-refractivity contribution in [1.29, 1.82) is 0 Å². The maximum atomic E-state index is 13.3. The van der Waals surface area contributed by atoms with E-state index >= 15 is 0 Å². The number of piperidine rings is 1. The molecule has 0 spiro atoms. The average Bonchev–Trinajstić information content (AvgIpc) is 3.40. The number of aromatic hydroxyl groups is 1. The highest BCUT2D eigenvalue weighted by atomic mass is 35.5. The van der Waals surface area contributed by atoms with Gasteiger partial charge in [-0.1, -0.05) is 11.6 Å². The van der Waals surface area contributed by atoms with E-state index in [0.717, 1.165) is 61.5 Å². The van der Waals surface area contributed by atoms with Gasteiger partial charge >= 0.3 is 0 Å². The predicted octanol–water partition coefficient (Wildman–Crippen LogP) is 2.70. The van der Waals surface area contributed by atoms with Gasteiger partial charge in [0.2, 0.25) is 5.88 Å². The molecular formula is C22H26ClN7O2. The molecule has 0 saturated carbocycles. The summed E-state index contributed by atoms with van der Waals surface area (Å²) in [6.07, 6.45) is 6.93. The Hall–Kier alpha value is -2.91. The molecule has 10 heteroatoms. The Balaban J connectivity index is 1.48. The minimum Gasteiger partial charge on any atom is -0.493 e. The number of anilines is 1. The summed E-state index contributed by atoms with van der Waals surface area (Å²) >= 11 is 6.02. The lowest BCUT2D eigenvalue weighted by molar-refractivity contribution is 0.0602. The number of carbonyl (C=O) groups excluding carboxylic acids is 1. The van der Waals surface area contributed by atoms with Gasteiger partial charge in [0.15, 0.2) is 5.65 Å². The van der Waals surface area contributed by atoms with Crippen molar-refractivity contribution in [2.45, 2.75) is 44.7 Å². The minimum atomic E-state index is -0.315. The summed E-state index contributed by atoms with van der Waals surface area (Å²) in [6, 6.07) is 3.37. The molecule has 0 unspecified atom stereocenters. The van der Waals surface area contributed by atoms with E-state index in [4.69, 9.17) is 27.4 Å². The van der Waals surface area contributed by atoms with Crippen LogP contribution in [-0.2, 0) is 0 Å². The van der Waals surface area contributed by atoms with Crippen LogP contribution >= 0.6 is 11.6 Å². The number of carbonyl (C=O) groups is 1. The quantitative estimate of drug-likeness (QED) is 0.624. The van der Waals surface area contributed by atoms with Crippen LogP contribution in [0.2, 0.25) is 5.02 Å². The summed E-state index contributed by atoms with van der Waals surface area (Å²) in [5.41, 5.74) is 8.75. The lowest BCUT2D eigenvalue weighted by atomic mass is 9.98. The van der Waals surface area contributed by atoms with E-state index in [1.807, 2.05) is 19.2 Å². The molecular weight excluding hydrogens is 430 g/mol. The molecule has 168 valence electrons. The van der Waals surface area contributed by atoms with E-state index in [1.54, 1.807) is 9.42 Å². The van der Waals surface area contributed by atoms with Gasteiger partial charge in [0.1, 0.15) is 11.4 Å². The van der Waals surface area contributed by atoms with Crippen molar-refractivity contribution >= 4 is 29.0 Å². The SMILES string of the molecule is Cc1cn2nc([C@@H]3CCCCN3C(=O)c3cc(Cl)cnc3O)cc2nc1N1CC[C@H](N)C1. The third-order valence-corrected chi connectivity index (χ3v) is 6.52. The average molecular weight is 456 g/mol. The number of hydrogen-bond acceptors (Lipinski definition) is 7. The van der Waals surface area contributed by atoms with Gasteiger partial charge in [-0.3, -0.25) is 4.79 Å². The molecule has 5 rings (SSSR count). The molecule has 9 nitrogen and oxygen atoms in total. The number of rotatable bonds is 3. The smallest absolute Gasteiger partial charge is 0.259 e. The van der Waals surface area contributed by atoms with Crippen LogP contribution in [-0.4, -0.2) is 61.2 Å². The van der Waals surface area contributed by atoms with Crippen molar-refractivity contribution < 1.29 is 9.90 Å². The zero-order valence-corrected chi connectivity index (χ0v) is 18.7.